The van der Waals surface area contributed by atoms with Crippen molar-refractivity contribution in [3.8, 4) is 0 Å². The Kier molecular flexibility index (Phi) is 6.27. The normalized spacial score (nSPS) is 11.6. The van der Waals surface area contributed by atoms with Crippen molar-refractivity contribution in [2.24, 2.45) is 0 Å². The summed E-state index contributed by atoms with van der Waals surface area (Å²) in [7, 11) is 0. The molecule has 0 saturated carbocycles. The number of carbonyl (C=O) groups excluding carboxylic acids is 2. The van der Waals surface area contributed by atoms with Crippen LogP contribution < -0.4 is 16.0 Å². The molecule has 0 aliphatic heterocycles. The molecule has 3 N–H and O–H groups in total. The first-order valence-electron chi connectivity index (χ1n) is 9.48. The third-order valence-corrected chi connectivity index (χ3v) is 4.60. The predicted molar refractivity (Wildman–Crippen MR) is 115 cm³/mol. The van der Waals surface area contributed by atoms with E-state index in [0.717, 1.165) is 28.6 Å². The van der Waals surface area contributed by atoms with E-state index in [1.165, 1.54) is 0 Å². The molecule has 2 amide bonds. The van der Waals surface area contributed by atoms with Crippen LogP contribution in [-0.2, 0) is 4.79 Å². The molecule has 0 aromatic heterocycles. The summed E-state index contributed by atoms with van der Waals surface area (Å²) < 4.78 is 0. The van der Waals surface area contributed by atoms with E-state index >= 15 is 0 Å². The second kappa shape index (κ2) is 9.04. The lowest BCUT2D eigenvalue weighted by Crippen LogP contribution is -2.31. The molecule has 0 saturated heterocycles. The van der Waals surface area contributed by atoms with E-state index in [-0.39, 0.29) is 24.4 Å². The van der Waals surface area contributed by atoms with E-state index in [9.17, 15) is 9.59 Å². The summed E-state index contributed by atoms with van der Waals surface area (Å²) in [6, 6.07) is 21.1. The van der Waals surface area contributed by atoms with Crippen molar-refractivity contribution in [2.75, 3.05) is 17.2 Å². The lowest BCUT2D eigenvalue weighted by Gasteiger charge is -2.13. The Balaban J connectivity index is 1.58. The molecule has 3 aromatic rings. The fraction of sp³-hybridized carbons (Fsp3) is 0.217. The van der Waals surface area contributed by atoms with E-state index in [1.54, 1.807) is 18.2 Å². The highest BCUT2D eigenvalue weighted by atomic mass is 16.2. The summed E-state index contributed by atoms with van der Waals surface area (Å²) in [6.07, 6.45) is 0.874. The van der Waals surface area contributed by atoms with Crippen LogP contribution >= 0.6 is 0 Å². The number of hydrogen-bond donors (Lipinski definition) is 3. The van der Waals surface area contributed by atoms with Crippen LogP contribution in [0.4, 0.5) is 11.4 Å². The van der Waals surface area contributed by atoms with Crippen LogP contribution in [0.15, 0.2) is 66.7 Å². The van der Waals surface area contributed by atoms with E-state index in [2.05, 4.69) is 16.0 Å². The molecule has 0 radical (unpaired) electrons. The van der Waals surface area contributed by atoms with Gasteiger partial charge in [-0.3, -0.25) is 9.59 Å². The quantitative estimate of drug-likeness (QED) is 0.572. The van der Waals surface area contributed by atoms with Gasteiger partial charge in [-0.1, -0.05) is 43.3 Å². The summed E-state index contributed by atoms with van der Waals surface area (Å²) in [6.45, 7) is 4.11. The number of rotatable bonds is 7. The summed E-state index contributed by atoms with van der Waals surface area (Å²) in [5, 5.41) is 11.1. The predicted octanol–water partition coefficient (Wildman–Crippen LogP) is 4.42. The lowest BCUT2D eigenvalue weighted by molar-refractivity contribution is -0.114. The fourth-order valence-electron chi connectivity index (χ4n) is 2.83. The summed E-state index contributed by atoms with van der Waals surface area (Å²) in [5.41, 5.74) is 2.05. The molecule has 144 valence electrons. The van der Waals surface area contributed by atoms with Crippen molar-refractivity contribution in [1.82, 2.24) is 5.32 Å². The first-order valence-corrected chi connectivity index (χ1v) is 9.48. The standard InChI is InChI=1S/C23H25N3O2/c1-3-16(2)25-23(28)19-9-6-10-20(14-19)24-15-22(27)26-21-12-11-17-7-4-5-8-18(17)13-21/h4-14,16,24H,3,15H2,1-2H3,(H,25,28)(H,26,27). The zero-order chi connectivity index (χ0) is 19.9. The maximum Gasteiger partial charge on any atom is 0.251 e. The van der Waals surface area contributed by atoms with Gasteiger partial charge in [-0.05, 0) is 54.4 Å². The van der Waals surface area contributed by atoms with E-state index < -0.39 is 0 Å². The van der Waals surface area contributed by atoms with Crippen LogP contribution in [0, 0.1) is 0 Å². The third-order valence-electron chi connectivity index (χ3n) is 4.60. The zero-order valence-electron chi connectivity index (χ0n) is 16.2. The van der Waals surface area contributed by atoms with E-state index in [1.807, 2.05) is 62.4 Å². The molecule has 0 fully saturated rings. The number of carbonyl (C=O) groups is 2. The van der Waals surface area contributed by atoms with Gasteiger partial charge in [0, 0.05) is 23.0 Å². The summed E-state index contributed by atoms with van der Waals surface area (Å²) in [4.78, 5) is 24.5. The molecule has 0 bridgehead atoms. The van der Waals surface area contributed by atoms with Crippen molar-refractivity contribution < 1.29 is 9.59 Å². The molecule has 3 rings (SSSR count). The molecule has 0 spiro atoms. The SMILES string of the molecule is CCC(C)NC(=O)c1cccc(NCC(=O)Nc2ccc3ccccc3c2)c1. The van der Waals surface area contributed by atoms with Gasteiger partial charge in [-0.15, -0.1) is 0 Å². The topological polar surface area (TPSA) is 70.2 Å². The molecule has 1 atom stereocenters. The average molecular weight is 375 g/mol. The first-order chi connectivity index (χ1) is 13.5. The monoisotopic (exact) mass is 375 g/mol. The Labute approximate surface area is 165 Å². The van der Waals surface area contributed by atoms with Crippen LogP contribution in [0.1, 0.15) is 30.6 Å². The second-order valence-corrected chi connectivity index (χ2v) is 6.83. The van der Waals surface area contributed by atoms with Gasteiger partial charge in [-0.25, -0.2) is 0 Å². The molecule has 1 unspecified atom stereocenters. The van der Waals surface area contributed by atoms with Gasteiger partial charge in [0.05, 0.1) is 6.54 Å². The molecule has 28 heavy (non-hydrogen) atoms. The maximum atomic E-state index is 12.3. The van der Waals surface area contributed by atoms with Crippen LogP contribution in [-0.4, -0.2) is 24.4 Å². The molecular weight excluding hydrogens is 350 g/mol. The number of nitrogens with one attached hydrogen (secondary N) is 3. The molecule has 0 heterocycles. The van der Waals surface area contributed by atoms with Crippen molar-refractivity contribution in [3.05, 3.63) is 72.3 Å². The lowest BCUT2D eigenvalue weighted by atomic mass is 10.1. The van der Waals surface area contributed by atoms with Crippen molar-refractivity contribution in [3.63, 3.8) is 0 Å². The van der Waals surface area contributed by atoms with Gasteiger partial charge in [-0.2, -0.15) is 0 Å². The van der Waals surface area contributed by atoms with Gasteiger partial charge in [0.2, 0.25) is 5.91 Å². The Hall–Kier alpha value is -3.34. The number of amides is 2. The molecule has 3 aromatic carbocycles. The molecular formula is C23H25N3O2. The molecule has 0 aliphatic rings. The van der Waals surface area contributed by atoms with Gasteiger partial charge in [0.15, 0.2) is 0 Å². The number of fused-ring (bicyclic) bond motifs is 1. The molecule has 0 aliphatic carbocycles. The average Bonchev–Trinajstić information content (AvgIpc) is 2.72. The van der Waals surface area contributed by atoms with Crippen LogP contribution in [0.3, 0.4) is 0 Å². The highest BCUT2D eigenvalue weighted by Gasteiger charge is 2.09. The summed E-state index contributed by atoms with van der Waals surface area (Å²) >= 11 is 0. The van der Waals surface area contributed by atoms with Crippen molar-refractivity contribution in [1.29, 1.82) is 0 Å². The minimum absolute atomic E-state index is 0.112. The smallest absolute Gasteiger partial charge is 0.251 e. The first kappa shape index (κ1) is 19.4. The minimum Gasteiger partial charge on any atom is -0.376 e. The highest BCUT2D eigenvalue weighted by molar-refractivity contribution is 5.97. The van der Waals surface area contributed by atoms with Gasteiger partial charge in [0.25, 0.3) is 5.91 Å². The van der Waals surface area contributed by atoms with Crippen LogP contribution in [0.25, 0.3) is 10.8 Å². The van der Waals surface area contributed by atoms with E-state index in [4.69, 9.17) is 0 Å². The third kappa shape index (κ3) is 5.10. The number of benzene rings is 3. The Morgan fingerprint density at radius 1 is 0.893 bits per heavy atom. The van der Waals surface area contributed by atoms with Crippen molar-refractivity contribution in [2.45, 2.75) is 26.3 Å². The molecule has 5 heteroatoms. The zero-order valence-corrected chi connectivity index (χ0v) is 16.2. The summed E-state index contributed by atoms with van der Waals surface area (Å²) in [5.74, 6) is -0.261. The highest BCUT2D eigenvalue weighted by Crippen LogP contribution is 2.19. The number of anilines is 2. The largest absolute Gasteiger partial charge is 0.376 e. The van der Waals surface area contributed by atoms with Crippen LogP contribution in [0.2, 0.25) is 0 Å². The van der Waals surface area contributed by atoms with Crippen molar-refractivity contribution >= 4 is 34.0 Å². The maximum absolute atomic E-state index is 12.3. The van der Waals surface area contributed by atoms with E-state index in [0.29, 0.717) is 5.56 Å². The fourth-order valence-corrected chi connectivity index (χ4v) is 2.83. The van der Waals surface area contributed by atoms with Gasteiger partial charge in [0.1, 0.15) is 0 Å². The van der Waals surface area contributed by atoms with Gasteiger partial charge < -0.3 is 16.0 Å². The minimum atomic E-state index is -0.148. The van der Waals surface area contributed by atoms with Crippen LogP contribution in [0.5, 0.6) is 0 Å². The second-order valence-electron chi connectivity index (χ2n) is 6.83. The molecule has 5 nitrogen and oxygen atoms in total. The Morgan fingerprint density at radius 3 is 2.46 bits per heavy atom. The van der Waals surface area contributed by atoms with Gasteiger partial charge >= 0.3 is 0 Å². The Bertz CT molecular complexity index is 984. The number of hydrogen-bond acceptors (Lipinski definition) is 3. The Morgan fingerprint density at radius 2 is 1.68 bits per heavy atom.